The SMILES string of the molecule is CCNC(=NCc1ccc(N2CCC(O)CC2)c(F)c1)NCC(C)c1ccsc1. The number of halogens is 1. The van der Waals surface area contributed by atoms with Gasteiger partial charge in [0.1, 0.15) is 5.82 Å². The Labute approximate surface area is 176 Å². The lowest BCUT2D eigenvalue weighted by Gasteiger charge is -2.31. The van der Waals surface area contributed by atoms with Gasteiger partial charge in [-0.1, -0.05) is 13.0 Å². The second-order valence-corrected chi connectivity index (χ2v) is 8.32. The zero-order valence-electron chi connectivity index (χ0n) is 17.2. The van der Waals surface area contributed by atoms with Crippen molar-refractivity contribution in [2.75, 3.05) is 31.1 Å². The fourth-order valence-corrected chi connectivity index (χ4v) is 4.23. The normalized spacial score (nSPS) is 16.7. The molecule has 1 aromatic carbocycles. The fourth-order valence-electron chi connectivity index (χ4n) is 3.45. The van der Waals surface area contributed by atoms with Gasteiger partial charge in [-0.25, -0.2) is 9.38 Å². The van der Waals surface area contributed by atoms with Crippen LogP contribution in [0.1, 0.15) is 43.7 Å². The Morgan fingerprint density at radius 2 is 2.10 bits per heavy atom. The molecule has 1 aliphatic rings. The average Bonchev–Trinajstić information content (AvgIpc) is 3.26. The molecule has 1 saturated heterocycles. The van der Waals surface area contributed by atoms with Crippen molar-refractivity contribution in [3.05, 3.63) is 52.0 Å². The number of benzene rings is 1. The van der Waals surface area contributed by atoms with Gasteiger partial charge < -0.3 is 20.6 Å². The van der Waals surface area contributed by atoms with Crippen LogP contribution in [-0.4, -0.2) is 43.3 Å². The monoisotopic (exact) mass is 418 g/mol. The number of thiophene rings is 1. The van der Waals surface area contributed by atoms with Gasteiger partial charge in [0, 0.05) is 26.2 Å². The number of hydrogen-bond acceptors (Lipinski definition) is 4. The Morgan fingerprint density at radius 3 is 2.76 bits per heavy atom. The Balaban J connectivity index is 1.59. The van der Waals surface area contributed by atoms with Gasteiger partial charge in [-0.15, -0.1) is 0 Å². The Kier molecular flexibility index (Phi) is 7.89. The molecular formula is C22H31FN4OS. The molecule has 0 saturated carbocycles. The van der Waals surface area contributed by atoms with Gasteiger partial charge >= 0.3 is 0 Å². The maximum Gasteiger partial charge on any atom is 0.191 e. The largest absolute Gasteiger partial charge is 0.393 e. The second-order valence-electron chi connectivity index (χ2n) is 7.54. The van der Waals surface area contributed by atoms with E-state index in [9.17, 15) is 9.50 Å². The lowest BCUT2D eigenvalue weighted by atomic mass is 10.1. The zero-order valence-corrected chi connectivity index (χ0v) is 18.0. The van der Waals surface area contributed by atoms with Gasteiger partial charge in [0.2, 0.25) is 0 Å². The second kappa shape index (κ2) is 10.6. The van der Waals surface area contributed by atoms with E-state index in [0.29, 0.717) is 44.1 Å². The summed E-state index contributed by atoms with van der Waals surface area (Å²) in [7, 11) is 0. The summed E-state index contributed by atoms with van der Waals surface area (Å²) >= 11 is 1.71. The molecule has 0 amide bonds. The Morgan fingerprint density at radius 1 is 1.31 bits per heavy atom. The highest BCUT2D eigenvalue weighted by Crippen LogP contribution is 2.24. The zero-order chi connectivity index (χ0) is 20.6. The molecule has 1 atom stereocenters. The molecule has 2 heterocycles. The fraction of sp³-hybridized carbons (Fsp3) is 0.500. The van der Waals surface area contributed by atoms with Gasteiger partial charge in [0.25, 0.3) is 0 Å². The molecule has 2 aromatic rings. The first-order chi connectivity index (χ1) is 14.1. The highest BCUT2D eigenvalue weighted by Gasteiger charge is 2.19. The Bertz CT molecular complexity index is 788. The number of piperidine rings is 1. The van der Waals surface area contributed by atoms with E-state index in [0.717, 1.165) is 24.6 Å². The third kappa shape index (κ3) is 6.18. The first-order valence-electron chi connectivity index (χ1n) is 10.3. The third-order valence-corrected chi connectivity index (χ3v) is 5.97. The van der Waals surface area contributed by atoms with Crippen LogP contribution in [0.4, 0.5) is 10.1 Å². The molecule has 0 aliphatic carbocycles. The van der Waals surface area contributed by atoms with Gasteiger partial charge in [-0.3, -0.25) is 0 Å². The van der Waals surface area contributed by atoms with Crippen LogP contribution in [0.2, 0.25) is 0 Å². The van der Waals surface area contributed by atoms with Crippen molar-refractivity contribution in [3.63, 3.8) is 0 Å². The minimum absolute atomic E-state index is 0.224. The predicted octanol–water partition coefficient (Wildman–Crippen LogP) is 3.71. The van der Waals surface area contributed by atoms with Gasteiger partial charge in [-0.05, 0) is 65.8 Å². The van der Waals surface area contributed by atoms with E-state index < -0.39 is 0 Å². The molecule has 3 N–H and O–H groups in total. The van der Waals surface area contributed by atoms with Gasteiger partial charge in [0.15, 0.2) is 5.96 Å². The molecule has 1 fully saturated rings. The van der Waals surface area contributed by atoms with Crippen molar-refractivity contribution in [1.82, 2.24) is 10.6 Å². The predicted molar refractivity (Wildman–Crippen MR) is 119 cm³/mol. The molecule has 1 unspecified atom stereocenters. The number of nitrogens with one attached hydrogen (secondary N) is 2. The minimum atomic E-state index is -0.262. The summed E-state index contributed by atoms with van der Waals surface area (Å²) in [5.74, 6) is 0.909. The molecule has 0 spiro atoms. The first-order valence-corrected chi connectivity index (χ1v) is 11.3. The van der Waals surface area contributed by atoms with Crippen molar-refractivity contribution < 1.29 is 9.50 Å². The first kappa shape index (κ1) is 21.6. The maximum atomic E-state index is 14.6. The number of aliphatic hydroxyl groups is 1. The van der Waals surface area contributed by atoms with E-state index in [2.05, 4.69) is 39.4 Å². The van der Waals surface area contributed by atoms with Crippen LogP contribution in [0, 0.1) is 5.82 Å². The number of nitrogens with zero attached hydrogens (tertiary/aromatic N) is 2. The number of hydrogen-bond donors (Lipinski definition) is 3. The molecule has 1 aromatic heterocycles. The number of aliphatic hydroxyl groups excluding tert-OH is 1. The van der Waals surface area contributed by atoms with Crippen molar-refractivity contribution in [2.45, 2.75) is 45.3 Å². The number of anilines is 1. The van der Waals surface area contributed by atoms with Crippen LogP contribution in [-0.2, 0) is 6.54 Å². The number of aliphatic imine (C=N–C) groups is 1. The molecule has 1 aliphatic heterocycles. The number of rotatable bonds is 7. The molecular weight excluding hydrogens is 387 g/mol. The molecule has 158 valence electrons. The highest BCUT2D eigenvalue weighted by atomic mass is 32.1. The smallest absolute Gasteiger partial charge is 0.191 e. The average molecular weight is 419 g/mol. The lowest BCUT2D eigenvalue weighted by Crippen LogP contribution is -2.39. The molecule has 0 bridgehead atoms. The van der Waals surface area contributed by atoms with E-state index >= 15 is 0 Å². The number of guanidine groups is 1. The molecule has 3 rings (SSSR count). The molecule has 5 nitrogen and oxygen atoms in total. The Hall–Kier alpha value is -2.12. The van der Waals surface area contributed by atoms with E-state index in [4.69, 9.17) is 0 Å². The summed E-state index contributed by atoms with van der Waals surface area (Å²) in [6.07, 6.45) is 1.11. The molecule has 29 heavy (non-hydrogen) atoms. The van der Waals surface area contributed by atoms with Crippen LogP contribution in [0.25, 0.3) is 0 Å². The van der Waals surface area contributed by atoms with Crippen LogP contribution in [0.3, 0.4) is 0 Å². The maximum absolute atomic E-state index is 14.6. The van der Waals surface area contributed by atoms with Crippen LogP contribution < -0.4 is 15.5 Å². The van der Waals surface area contributed by atoms with Crippen LogP contribution >= 0.6 is 11.3 Å². The summed E-state index contributed by atoms with van der Waals surface area (Å²) in [5, 5.41) is 20.5. The van der Waals surface area contributed by atoms with Crippen molar-refractivity contribution in [1.29, 1.82) is 0 Å². The van der Waals surface area contributed by atoms with Gasteiger partial charge in [0.05, 0.1) is 18.3 Å². The molecule has 0 radical (unpaired) electrons. The highest BCUT2D eigenvalue weighted by molar-refractivity contribution is 7.07. The van der Waals surface area contributed by atoms with Crippen molar-refractivity contribution in [3.8, 4) is 0 Å². The van der Waals surface area contributed by atoms with E-state index in [-0.39, 0.29) is 11.9 Å². The summed E-state index contributed by atoms with van der Waals surface area (Å²) in [5.41, 5.74) is 2.77. The van der Waals surface area contributed by atoms with E-state index in [1.54, 1.807) is 17.4 Å². The summed E-state index contributed by atoms with van der Waals surface area (Å²) in [4.78, 5) is 6.62. The summed E-state index contributed by atoms with van der Waals surface area (Å²) in [6.45, 7) is 7.57. The topological polar surface area (TPSA) is 59.9 Å². The molecule has 7 heteroatoms. The van der Waals surface area contributed by atoms with E-state index in [1.807, 2.05) is 24.0 Å². The lowest BCUT2D eigenvalue weighted by molar-refractivity contribution is 0.145. The summed E-state index contributed by atoms with van der Waals surface area (Å²) < 4.78 is 14.6. The minimum Gasteiger partial charge on any atom is -0.393 e. The van der Waals surface area contributed by atoms with Crippen molar-refractivity contribution in [2.24, 2.45) is 4.99 Å². The van der Waals surface area contributed by atoms with E-state index in [1.165, 1.54) is 5.56 Å². The van der Waals surface area contributed by atoms with Crippen LogP contribution in [0.5, 0.6) is 0 Å². The van der Waals surface area contributed by atoms with Crippen LogP contribution in [0.15, 0.2) is 40.0 Å². The third-order valence-electron chi connectivity index (χ3n) is 5.27. The summed E-state index contributed by atoms with van der Waals surface area (Å²) in [6, 6.07) is 7.48. The van der Waals surface area contributed by atoms with Crippen molar-refractivity contribution >= 4 is 23.0 Å². The quantitative estimate of drug-likeness (QED) is 0.474. The standard InChI is InChI=1S/C22H31FN4OS/c1-3-24-22(25-13-16(2)18-8-11-29-15-18)26-14-17-4-5-21(20(23)12-17)27-9-6-19(28)7-10-27/h4-5,8,11-12,15-16,19,28H,3,6-7,9-10,13-14H2,1-2H3,(H2,24,25,26). The van der Waals surface area contributed by atoms with Gasteiger partial charge in [-0.2, -0.15) is 11.3 Å².